The van der Waals surface area contributed by atoms with Gasteiger partial charge in [-0.2, -0.15) is 0 Å². The molecule has 98 valence electrons. The molecular formula is C17H19NO. The fourth-order valence-electron chi connectivity index (χ4n) is 3.18. The first kappa shape index (κ1) is 12.2. The highest BCUT2D eigenvalue weighted by Crippen LogP contribution is 2.43. The van der Waals surface area contributed by atoms with Gasteiger partial charge in [-0.3, -0.25) is 4.79 Å². The number of amides is 1. The van der Waals surface area contributed by atoms with Crippen LogP contribution in [0.2, 0.25) is 0 Å². The Morgan fingerprint density at radius 1 is 1.26 bits per heavy atom. The van der Waals surface area contributed by atoms with Crippen molar-refractivity contribution >= 4 is 5.91 Å². The van der Waals surface area contributed by atoms with Crippen LogP contribution in [0.25, 0.3) is 0 Å². The zero-order valence-corrected chi connectivity index (χ0v) is 11.3. The maximum Gasteiger partial charge on any atom is 0.233 e. The third kappa shape index (κ3) is 2.01. The molecule has 2 nitrogen and oxygen atoms in total. The molecule has 1 aromatic carbocycles. The number of carbonyl (C=O) groups excluding carboxylic acids is 1. The molecule has 0 saturated carbocycles. The molecule has 3 rings (SSSR count). The zero-order valence-electron chi connectivity index (χ0n) is 11.3. The second-order valence-electron chi connectivity index (χ2n) is 5.60. The highest BCUT2D eigenvalue weighted by molar-refractivity contribution is 5.88. The molecule has 2 unspecified atom stereocenters. The summed E-state index contributed by atoms with van der Waals surface area (Å²) in [6.07, 6.45) is 9.11. The van der Waals surface area contributed by atoms with Gasteiger partial charge in [-0.05, 0) is 17.9 Å². The Morgan fingerprint density at radius 3 is 2.74 bits per heavy atom. The summed E-state index contributed by atoms with van der Waals surface area (Å²) in [6.45, 7) is 3.77. The summed E-state index contributed by atoms with van der Waals surface area (Å²) < 4.78 is 0. The van der Waals surface area contributed by atoms with Crippen molar-refractivity contribution in [1.29, 1.82) is 0 Å². The first-order valence-corrected chi connectivity index (χ1v) is 6.90. The summed E-state index contributed by atoms with van der Waals surface area (Å²) in [4.78, 5) is 14.7. The minimum atomic E-state index is -0.288. The Bertz CT molecular complexity index is 531. The van der Waals surface area contributed by atoms with Gasteiger partial charge in [0.05, 0.1) is 5.41 Å². The summed E-state index contributed by atoms with van der Waals surface area (Å²) in [5.41, 5.74) is 0.916. The van der Waals surface area contributed by atoms with E-state index in [0.29, 0.717) is 5.92 Å². The van der Waals surface area contributed by atoms with Crippen molar-refractivity contribution in [3.8, 4) is 0 Å². The summed E-state index contributed by atoms with van der Waals surface area (Å²) in [7, 11) is 0. The summed E-state index contributed by atoms with van der Waals surface area (Å²) in [5, 5.41) is 0. The first-order chi connectivity index (χ1) is 9.22. The number of benzene rings is 1. The molecule has 0 aromatic heterocycles. The van der Waals surface area contributed by atoms with E-state index < -0.39 is 0 Å². The molecule has 19 heavy (non-hydrogen) atoms. The van der Waals surface area contributed by atoms with Gasteiger partial charge in [-0.25, -0.2) is 0 Å². The Balaban J connectivity index is 1.81. The normalized spacial score (nSPS) is 29.4. The van der Waals surface area contributed by atoms with Gasteiger partial charge in [-0.1, -0.05) is 61.6 Å². The Labute approximate surface area is 114 Å². The third-order valence-electron chi connectivity index (χ3n) is 4.37. The Kier molecular flexibility index (Phi) is 3.02. The van der Waals surface area contributed by atoms with Crippen LogP contribution in [0.15, 0.2) is 54.6 Å². The largest absolute Gasteiger partial charge is 0.337 e. The molecule has 1 heterocycles. The van der Waals surface area contributed by atoms with Gasteiger partial charge in [0.2, 0.25) is 5.91 Å². The van der Waals surface area contributed by atoms with Crippen molar-refractivity contribution in [2.24, 2.45) is 11.3 Å². The Morgan fingerprint density at radius 2 is 2.05 bits per heavy atom. The van der Waals surface area contributed by atoms with Crippen LogP contribution in [-0.2, 0) is 11.3 Å². The smallest absolute Gasteiger partial charge is 0.233 e. The minimum Gasteiger partial charge on any atom is -0.337 e. The van der Waals surface area contributed by atoms with Crippen LogP contribution in [0, 0.1) is 11.3 Å². The second kappa shape index (κ2) is 4.69. The van der Waals surface area contributed by atoms with Crippen molar-refractivity contribution < 1.29 is 4.79 Å². The summed E-state index contributed by atoms with van der Waals surface area (Å²) in [6, 6.07) is 10.2. The molecule has 1 spiro atoms. The van der Waals surface area contributed by atoms with Crippen LogP contribution >= 0.6 is 0 Å². The van der Waals surface area contributed by atoms with Crippen LogP contribution in [0.3, 0.4) is 0 Å². The van der Waals surface area contributed by atoms with Gasteiger partial charge in [0.25, 0.3) is 0 Å². The number of likely N-dealkylation sites (tertiary alicyclic amines) is 1. The quantitative estimate of drug-likeness (QED) is 0.792. The molecule has 1 aliphatic heterocycles. The molecule has 2 heteroatoms. The van der Waals surface area contributed by atoms with Gasteiger partial charge < -0.3 is 4.90 Å². The molecule has 2 atom stereocenters. The van der Waals surface area contributed by atoms with E-state index in [1.54, 1.807) is 0 Å². The molecule has 2 aliphatic rings. The lowest BCUT2D eigenvalue weighted by molar-refractivity contribution is -0.134. The van der Waals surface area contributed by atoms with E-state index in [1.807, 2.05) is 35.3 Å². The van der Waals surface area contributed by atoms with Gasteiger partial charge in [0.15, 0.2) is 0 Å². The molecule has 1 fully saturated rings. The van der Waals surface area contributed by atoms with Crippen LogP contribution in [-0.4, -0.2) is 17.4 Å². The monoisotopic (exact) mass is 253 g/mol. The Hall–Kier alpha value is -1.83. The van der Waals surface area contributed by atoms with Crippen molar-refractivity contribution in [3.05, 3.63) is 60.2 Å². The predicted molar refractivity (Wildman–Crippen MR) is 76.4 cm³/mol. The number of hydrogen-bond donors (Lipinski definition) is 0. The fourth-order valence-corrected chi connectivity index (χ4v) is 3.18. The van der Waals surface area contributed by atoms with Crippen LogP contribution in [0.5, 0.6) is 0 Å². The molecule has 0 radical (unpaired) electrons. The number of carbonyl (C=O) groups is 1. The standard InChI is InChI=1S/C17H19NO/c1-14-12-18(13-15-8-4-2-5-9-15)16(19)17(14)10-6-3-7-11-17/h2-10,14H,11-13H2,1H3. The second-order valence-corrected chi connectivity index (χ2v) is 5.60. The van der Waals surface area contributed by atoms with Crippen molar-refractivity contribution in [2.75, 3.05) is 6.54 Å². The zero-order chi connectivity index (χ0) is 13.3. The topological polar surface area (TPSA) is 20.3 Å². The van der Waals surface area contributed by atoms with Gasteiger partial charge >= 0.3 is 0 Å². The van der Waals surface area contributed by atoms with Gasteiger partial charge in [0.1, 0.15) is 0 Å². The molecular weight excluding hydrogens is 234 g/mol. The van der Waals surface area contributed by atoms with E-state index in [1.165, 1.54) is 5.56 Å². The molecule has 1 aromatic rings. The average Bonchev–Trinajstić information content (AvgIpc) is 2.67. The molecule has 0 N–H and O–H groups in total. The van der Waals surface area contributed by atoms with E-state index >= 15 is 0 Å². The number of rotatable bonds is 2. The maximum absolute atomic E-state index is 12.7. The maximum atomic E-state index is 12.7. The van der Waals surface area contributed by atoms with E-state index in [4.69, 9.17) is 0 Å². The number of nitrogens with zero attached hydrogens (tertiary/aromatic N) is 1. The average molecular weight is 253 g/mol. The molecule has 1 aliphatic carbocycles. The summed E-state index contributed by atoms with van der Waals surface area (Å²) in [5.74, 6) is 0.661. The minimum absolute atomic E-state index is 0.282. The first-order valence-electron chi connectivity index (χ1n) is 6.90. The third-order valence-corrected chi connectivity index (χ3v) is 4.37. The van der Waals surface area contributed by atoms with Crippen LogP contribution in [0.1, 0.15) is 18.9 Å². The molecule has 1 saturated heterocycles. The van der Waals surface area contributed by atoms with Crippen LogP contribution in [0.4, 0.5) is 0 Å². The van der Waals surface area contributed by atoms with Gasteiger partial charge in [0, 0.05) is 13.1 Å². The number of allylic oxidation sites excluding steroid dienone is 3. The van der Waals surface area contributed by atoms with Crippen molar-refractivity contribution in [3.63, 3.8) is 0 Å². The van der Waals surface area contributed by atoms with E-state index in [-0.39, 0.29) is 11.3 Å². The fraction of sp³-hybridized carbons (Fsp3) is 0.353. The highest BCUT2D eigenvalue weighted by Gasteiger charge is 2.49. The molecule has 1 amide bonds. The number of hydrogen-bond acceptors (Lipinski definition) is 1. The summed E-state index contributed by atoms with van der Waals surface area (Å²) >= 11 is 0. The van der Waals surface area contributed by atoms with Crippen molar-refractivity contribution in [2.45, 2.75) is 19.9 Å². The lowest BCUT2D eigenvalue weighted by atomic mass is 9.74. The van der Waals surface area contributed by atoms with E-state index in [0.717, 1.165) is 19.5 Å². The van der Waals surface area contributed by atoms with E-state index in [2.05, 4.69) is 31.2 Å². The van der Waals surface area contributed by atoms with Gasteiger partial charge in [-0.15, -0.1) is 0 Å². The SMILES string of the molecule is CC1CN(Cc2ccccc2)C(=O)C12C=CC=CC2. The lowest BCUT2D eigenvalue weighted by Gasteiger charge is -2.28. The predicted octanol–water partition coefficient (Wildman–Crippen LogP) is 3.17. The van der Waals surface area contributed by atoms with Crippen LogP contribution < -0.4 is 0 Å². The highest BCUT2D eigenvalue weighted by atomic mass is 16.2. The van der Waals surface area contributed by atoms with E-state index in [9.17, 15) is 4.79 Å². The van der Waals surface area contributed by atoms with Crippen molar-refractivity contribution in [1.82, 2.24) is 4.90 Å². The lowest BCUT2D eigenvalue weighted by Crippen LogP contribution is -2.34. The molecule has 0 bridgehead atoms.